The Morgan fingerprint density at radius 3 is 2.40 bits per heavy atom. The highest BCUT2D eigenvalue weighted by molar-refractivity contribution is 6.14. The van der Waals surface area contributed by atoms with Gasteiger partial charge in [-0.2, -0.15) is 0 Å². The average molecular weight is 338 g/mol. The first-order valence-electron chi connectivity index (χ1n) is 7.85. The molecule has 1 aliphatic heterocycles. The van der Waals surface area contributed by atoms with Gasteiger partial charge < -0.3 is 9.64 Å². The smallest absolute Gasteiger partial charge is 0.260 e. The second-order valence-corrected chi connectivity index (χ2v) is 5.83. The zero-order valence-corrected chi connectivity index (χ0v) is 14.1. The average Bonchev–Trinajstić information content (AvgIpc) is 2.63. The van der Waals surface area contributed by atoms with Crippen LogP contribution in [-0.2, 0) is 9.59 Å². The maximum Gasteiger partial charge on any atom is 0.260 e. The van der Waals surface area contributed by atoms with Gasteiger partial charge in [-0.25, -0.2) is 0 Å². The lowest BCUT2D eigenvalue weighted by atomic mass is 10.1. The van der Waals surface area contributed by atoms with E-state index in [4.69, 9.17) is 4.74 Å². The summed E-state index contributed by atoms with van der Waals surface area (Å²) in [5.74, 6) is -0.583. The predicted molar refractivity (Wildman–Crippen MR) is 92.6 cm³/mol. The SMILES string of the molecule is COc1cccc(N2CC(=O)N(C(=O)c3ccc(C)cc3)CC2=O)c1. The topological polar surface area (TPSA) is 66.9 Å². The molecule has 0 aliphatic carbocycles. The number of ether oxygens (including phenoxy) is 1. The predicted octanol–water partition coefficient (Wildman–Crippen LogP) is 2.02. The molecule has 0 atom stereocenters. The summed E-state index contributed by atoms with van der Waals surface area (Å²) in [6.07, 6.45) is 0. The number of anilines is 1. The van der Waals surface area contributed by atoms with E-state index in [0.717, 1.165) is 10.5 Å². The van der Waals surface area contributed by atoms with Gasteiger partial charge in [-0.3, -0.25) is 19.3 Å². The summed E-state index contributed by atoms with van der Waals surface area (Å²) < 4.78 is 5.15. The van der Waals surface area contributed by atoms with E-state index in [2.05, 4.69) is 0 Å². The Morgan fingerprint density at radius 2 is 1.72 bits per heavy atom. The Kier molecular flexibility index (Phi) is 4.52. The van der Waals surface area contributed by atoms with Crippen molar-refractivity contribution in [2.24, 2.45) is 0 Å². The zero-order valence-electron chi connectivity index (χ0n) is 14.1. The van der Waals surface area contributed by atoms with Crippen molar-refractivity contribution in [1.82, 2.24) is 4.90 Å². The van der Waals surface area contributed by atoms with Crippen molar-refractivity contribution in [3.8, 4) is 5.75 Å². The quantitative estimate of drug-likeness (QED) is 0.803. The monoisotopic (exact) mass is 338 g/mol. The van der Waals surface area contributed by atoms with Crippen LogP contribution in [0.4, 0.5) is 5.69 Å². The molecule has 1 heterocycles. The van der Waals surface area contributed by atoms with E-state index in [0.29, 0.717) is 17.0 Å². The Labute approximate surface area is 145 Å². The third-order valence-electron chi connectivity index (χ3n) is 4.10. The van der Waals surface area contributed by atoms with Crippen molar-refractivity contribution >= 4 is 23.4 Å². The van der Waals surface area contributed by atoms with Crippen molar-refractivity contribution in [1.29, 1.82) is 0 Å². The Hall–Kier alpha value is -3.15. The van der Waals surface area contributed by atoms with E-state index in [-0.39, 0.29) is 19.0 Å². The first kappa shape index (κ1) is 16.7. The summed E-state index contributed by atoms with van der Waals surface area (Å²) in [5, 5.41) is 0. The van der Waals surface area contributed by atoms with Crippen LogP contribution in [0.5, 0.6) is 5.75 Å². The molecule has 6 heteroatoms. The van der Waals surface area contributed by atoms with E-state index < -0.39 is 11.8 Å². The number of amides is 3. The number of imide groups is 1. The van der Waals surface area contributed by atoms with Gasteiger partial charge in [0.15, 0.2) is 0 Å². The van der Waals surface area contributed by atoms with E-state index in [1.54, 1.807) is 48.5 Å². The van der Waals surface area contributed by atoms with Crippen LogP contribution in [0.2, 0.25) is 0 Å². The fourth-order valence-corrected chi connectivity index (χ4v) is 2.67. The van der Waals surface area contributed by atoms with Crippen LogP contribution in [0, 0.1) is 6.92 Å². The minimum Gasteiger partial charge on any atom is -0.497 e. The molecule has 0 aromatic heterocycles. The number of benzene rings is 2. The molecule has 2 aromatic carbocycles. The lowest BCUT2D eigenvalue weighted by Crippen LogP contribution is -2.55. The molecular formula is C19H18N2O4. The van der Waals surface area contributed by atoms with Crippen LogP contribution in [0.3, 0.4) is 0 Å². The molecule has 0 bridgehead atoms. The number of carbonyl (C=O) groups is 3. The molecule has 3 amide bonds. The van der Waals surface area contributed by atoms with E-state index >= 15 is 0 Å². The number of nitrogens with zero attached hydrogens (tertiary/aromatic N) is 2. The van der Waals surface area contributed by atoms with Crippen molar-refractivity contribution in [2.75, 3.05) is 25.1 Å². The summed E-state index contributed by atoms with van der Waals surface area (Å²) >= 11 is 0. The molecule has 0 N–H and O–H groups in total. The second kappa shape index (κ2) is 6.76. The highest BCUT2D eigenvalue weighted by Crippen LogP contribution is 2.23. The lowest BCUT2D eigenvalue weighted by Gasteiger charge is -2.32. The van der Waals surface area contributed by atoms with Crippen LogP contribution in [0.15, 0.2) is 48.5 Å². The second-order valence-electron chi connectivity index (χ2n) is 5.83. The maximum atomic E-state index is 12.5. The van der Waals surface area contributed by atoms with Gasteiger partial charge in [0.25, 0.3) is 5.91 Å². The number of piperazine rings is 1. The van der Waals surface area contributed by atoms with Crippen LogP contribution in [0.1, 0.15) is 15.9 Å². The van der Waals surface area contributed by atoms with Gasteiger partial charge in [0.1, 0.15) is 18.8 Å². The minimum atomic E-state index is -0.455. The Bertz CT molecular complexity index is 830. The van der Waals surface area contributed by atoms with Gasteiger partial charge in [-0.1, -0.05) is 23.8 Å². The molecule has 0 saturated carbocycles. The molecule has 0 radical (unpaired) electrons. The van der Waals surface area contributed by atoms with Gasteiger partial charge in [-0.05, 0) is 31.2 Å². The molecular weight excluding hydrogens is 320 g/mol. The molecule has 1 aliphatic rings. The number of hydrogen-bond acceptors (Lipinski definition) is 4. The molecule has 1 saturated heterocycles. The molecule has 1 fully saturated rings. The lowest BCUT2D eigenvalue weighted by molar-refractivity contribution is -0.135. The first-order valence-corrected chi connectivity index (χ1v) is 7.85. The Balaban J connectivity index is 1.80. The third kappa shape index (κ3) is 3.38. The third-order valence-corrected chi connectivity index (χ3v) is 4.10. The number of carbonyl (C=O) groups excluding carboxylic acids is 3. The summed E-state index contributed by atoms with van der Waals surface area (Å²) in [6, 6.07) is 13.8. The van der Waals surface area contributed by atoms with Crippen LogP contribution >= 0.6 is 0 Å². The van der Waals surface area contributed by atoms with E-state index in [1.807, 2.05) is 6.92 Å². The number of methoxy groups -OCH3 is 1. The van der Waals surface area contributed by atoms with Gasteiger partial charge in [0, 0.05) is 17.3 Å². The molecule has 128 valence electrons. The minimum absolute atomic E-state index is 0.177. The highest BCUT2D eigenvalue weighted by atomic mass is 16.5. The highest BCUT2D eigenvalue weighted by Gasteiger charge is 2.35. The van der Waals surface area contributed by atoms with Gasteiger partial charge in [0.05, 0.1) is 7.11 Å². The molecule has 25 heavy (non-hydrogen) atoms. The summed E-state index contributed by atoms with van der Waals surface area (Å²) in [7, 11) is 1.53. The van der Waals surface area contributed by atoms with Crippen LogP contribution < -0.4 is 9.64 Å². The van der Waals surface area contributed by atoms with Gasteiger partial charge in [0.2, 0.25) is 11.8 Å². The van der Waals surface area contributed by atoms with Crippen molar-refractivity contribution in [2.45, 2.75) is 6.92 Å². The van der Waals surface area contributed by atoms with Gasteiger partial charge >= 0.3 is 0 Å². The van der Waals surface area contributed by atoms with Crippen LogP contribution in [0.25, 0.3) is 0 Å². The van der Waals surface area contributed by atoms with E-state index in [9.17, 15) is 14.4 Å². The molecule has 3 rings (SSSR count). The molecule has 0 unspecified atom stereocenters. The largest absolute Gasteiger partial charge is 0.497 e. The van der Waals surface area contributed by atoms with Crippen molar-refractivity contribution in [3.63, 3.8) is 0 Å². The standard InChI is InChI=1S/C19H18N2O4/c1-13-6-8-14(9-7-13)19(24)21-12-17(22)20(11-18(21)23)15-4-3-5-16(10-15)25-2/h3-10H,11-12H2,1-2H3. The maximum absolute atomic E-state index is 12.5. The summed E-state index contributed by atoms with van der Waals surface area (Å²) in [4.78, 5) is 39.8. The van der Waals surface area contributed by atoms with Gasteiger partial charge in [-0.15, -0.1) is 0 Å². The summed E-state index contributed by atoms with van der Waals surface area (Å²) in [5.41, 5.74) is 1.98. The molecule has 2 aromatic rings. The van der Waals surface area contributed by atoms with Crippen LogP contribution in [-0.4, -0.2) is 42.8 Å². The molecule has 0 spiro atoms. The normalized spacial score (nSPS) is 14.6. The number of rotatable bonds is 3. The fourth-order valence-electron chi connectivity index (χ4n) is 2.67. The number of aryl methyl sites for hydroxylation is 1. The van der Waals surface area contributed by atoms with Crippen molar-refractivity contribution < 1.29 is 19.1 Å². The Morgan fingerprint density at radius 1 is 1.00 bits per heavy atom. The summed E-state index contributed by atoms with van der Waals surface area (Å²) in [6.45, 7) is 1.46. The number of hydrogen-bond donors (Lipinski definition) is 0. The first-order chi connectivity index (χ1) is 12.0. The van der Waals surface area contributed by atoms with Crippen molar-refractivity contribution in [3.05, 3.63) is 59.7 Å². The van der Waals surface area contributed by atoms with E-state index in [1.165, 1.54) is 12.0 Å². The fraction of sp³-hybridized carbons (Fsp3) is 0.211. The zero-order chi connectivity index (χ0) is 18.0. The molecule has 6 nitrogen and oxygen atoms in total.